The van der Waals surface area contributed by atoms with Crippen LogP contribution in [-0.2, 0) is 16.0 Å². The number of aromatic nitrogens is 1. The number of benzene rings is 1. The number of ether oxygens (including phenoxy) is 3. The molecule has 0 spiro atoms. The highest BCUT2D eigenvalue weighted by molar-refractivity contribution is 7.13. The second-order valence-corrected chi connectivity index (χ2v) is 10.2. The maximum Gasteiger partial charge on any atom is 0.267 e. The summed E-state index contributed by atoms with van der Waals surface area (Å²) in [7, 11) is 4.40. The molecule has 4 N–H and O–H groups in total. The zero-order chi connectivity index (χ0) is 28.3. The summed E-state index contributed by atoms with van der Waals surface area (Å²) in [6, 6.07) is 5.98. The molecule has 0 radical (unpaired) electrons. The molecule has 2 unspecified atom stereocenters. The predicted molar refractivity (Wildman–Crippen MR) is 150 cm³/mol. The van der Waals surface area contributed by atoms with Crippen LogP contribution in [0, 0.1) is 5.41 Å². The van der Waals surface area contributed by atoms with Crippen molar-refractivity contribution < 1.29 is 23.8 Å². The molecule has 2 aromatic heterocycles. The van der Waals surface area contributed by atoms with Gasteiger partial charge in [-0.05, 0) is 23.6 Å². The molecule has 39 heavy (non-hydrogen) atoms. The molecule has 3 aromatic rings. The molecular formula is C24H23Cl3N6O5S. The number of halogens is 3. The maximum atomic E-state index is 13.3. The molecule has 2 amide bonds. The Morgan fingerprint density at radius 2 is 1.87 bits per heavy atom. The Morgan fingerprint density at radius 3 is 2.51 bits per heavy atom. The SMILES string of the molecule is COc1cc(Cl)cc(C(=O)Nc2ccc(Cl)cn2)c1NC(=O)c1scc(CN2C(=N)NC(OC)C2OC)c1Cl. The van der Waals surface area contributed by atoms with Gasteiger partial charge in [0, 0.05) is 37.1 Å². The molecule has 15 heteroatoms. The summed E-state index contributed by atoms with van der Waals surface area (Å²) in [6.45, 7) is 0.193. The zero-order valence-electron chi connectivity index (χ0n) is 20.8. The Morgan fingerprint density at radius 1 is 1.10 bits per heavy atom. The van der Waals surface area contributed by atoms with Crippen LogP contribution in [0.25, 0.3) is 0 Å². The molecule has 2 atom stereocenters. The number of hydrogen-bond donors (Lipinski definition) is 4. The van der Waals surface area contributed by atoms with Crippen molar-refractivity contribution in [1.29, 1.82) is 5.41 Å². The number of carbonyl (C=O) groups is 2. The number of guanidine groups is 1. The number of pyridine rings is 1. The normalized spacial score (nSPS) is 16.7. The number of methoxy groups -OCH3 is 3. The van der Waals surface area contributed by atoms with E-state index in [2.05, 4.69) is 20.9 Å². The van der Waals surface area contributed by atoms with Crippen molar-refractivity contribution in [2.24, 2.45) is 0 Å². The van der Waals surface area contributed by atoms with Crippen molar-refractivity contribution in [2.75, 3.05) is 32.0 Å². The van der Waals surface area contributed by atoms with Crippen molar-refractivity contribution >= 4 is 75.4 Å². The van der Waals surface area contributed by atoms with Crippen LogP contribution in [0.3, 0.4) is 0 Å². The Balaban J connectivity index is 1.58. The van der Waals surface area contributed by atoms with Gasteiger partial charge in [0.1, 0.15) is 16.4 Å². The van der Waals surface area contributed by atoms with Gasteiger partial charge in [-0.25, -0.2) is 4.98 Å². The van der Waals surface area contributed by atoms with Gasteiger partial charge in [0.25, 0.3) is 11.8 Å². The van der Waals surface area contributed by atoms with Gasteiger partial charge in [-0.2, -0.15) is 0 Å². The fourth-order valence-electron chi connectivity index (χ4n) is 3.85. The summed E-state index contributed by atoms with van der Waals surface area (Å²) in [4.78, 5) is 32.4. The summed E-state index contributed by atoms with van der Waals surface area (Å²) in [5.74, 6) is -0.638. The predicted octanol–water partition coefficient (Wildman–Crippen LogP) is 4.90. The fraction of sp³-hybridized carbons (Fsp3) is 0.250. The minimum Gasteiger partial charge on any atom is -0.494 e. The molecule has 1 saturated heterocycles. The van der Waals surface area contributed by atoms with Crippen LogP contribution in [0.5, 0.6) is 5.75 Å². The molecule has 4 rings (SSSR count). The number of amides is 2. The number of anilines is 2. The van der Waals surface area contributed by atoms with Crippen molar-refractivity contribution in [3.05, 3.63) is 66.9 Å². The maximum absolute atomic E-state index is 13.3. The Kier molecular flexibility index (Phi) is 9.15. The first kappa shape index (κ1) is 28.9. The van der Waals surface area contributed by atoms with Gasteiger partial charge < -0.3 is 35.1 Å². The number of nitrogens with one attached hydrogen (secondary N) is 4. The van der Waals surface area contributed by atoms with Crippen molar-refractivity contribution in [1.82, 2.24) is 15.2 Å². The van der Waals surface area contributed by atoms with E-state index in [-0.39, 0.29) is 50.2 Å². The van der Waals surface area contributed by atoms with Crippen LogP contribution in [0.4, 0.5) is 11.5 Å². The van der Waals surface area contributed by atoms with Gasteiger partial charge in [-0.1, -0.05) is 34.8 Å². The largest absolute Gasteiger partial charge is 0.494 e. The number of carbonyl (C=O) groups excluding carboxylic acids is 2. The molecule has 1 fully saturated rings. The topological polar surface area (TPSA) is 138 Å². The van der Waals surface area contributed by atoms with E-state index >= 15 is 0 Å². The van der Waals surface area contributed by atoms with E-state index in [1.54, 1.807) is 16.3 Å². The van der Waals surface area contributed by atoms with Gasteiger partial charge in [0.05, 0.1) is 35.0 Å². The second kappa shape index (κ2) is 12.4. The van der Waals surface area contributed by atoms with Gasteiger partial charge in [-0.15, -0.1) is 11.3 Å². The molecule has 0 bridgehead atoms. The first-order valence-electron chi connectivity index (χ1n) is 11.2. The van der Waals surface area contributed by atoms with E-state index in [9.17, 15) is 9.59 Å². The van der Waals surface area contributed by atoms with Gasteiger partial charge >= 0.3 is 0 Å². The molecule has 1 aliphatic rings. The monoisotopic (exact) mass is 612 g/mol. The third kappa shape index (κ3) is 6.21. The zero-order valence-corrected chi connectivity index (χ0v) is 23.9. The minimum atomic E-state index is -0.586. The van der Waals surface area contributed by atoms with Crippen molar-refractivity contribution in [3.63, 3.8) is 0 Å². The third-order valence-corrected chi connectivity index (χ3v) is 7.73. The highest BCUT2D eigenvalue weighted by atomic mass is 35.5. The molecule has 3 heterocycles. The highest BCUT2D eigenvalue weighted by Gasteiger charge is 2.38. The summed E-state index contributed by atoms with van der Waals surface area (Å²) in [5, 5.41) is 19.0. The van der Waals surface area contributed by atoms with Crippen LogP contribution >= 0.6 is 46.1 Å². The average molecular weight is 614 g/mol. The molecule has 0 aliphatic carbocycles. The first-order chi connectivity index (χ1) is 18.7. The van der Waals surface area contributed by atoms with Crippen LogP contribution < -0.4 is 20.7 Å². The van der Waals surface area contributed by atoms with Crippen molar-refractivity contribution in [3.8, 4) is 5.75 Å². The number of hydrogen-bond acceptors (Lipinski definition) is 8. The van der Waals surface area contributed by atoms with E-state index in [1.807, 2.05) is 0 Å². The van der Waals surface area contributed by atoms with Crippen LogP contribution in [-0.4, -0.2) is 61.4 Å². The van der Waals surface area contributed by atoms with Crippen molar-refractivity contribution in [2.45, 2.75) is 19.0 Å². The van der Waals surface area contributed by atoms with E-state index in [1.165, 1.54) is 45.7 Å². The summed E-state index contributed by atoms with van der Waals surface area (Å²) < 4.78 is 16.2. The van der Waals surface area contributed by atoms with E-state index in [0.717, 1.165) is 11.3 Å². The highest BCUT2D eigenvalue weighted by Crippen LogP contribution is 2.36. The molecule has 11 nitrogen and oxygen atoms in total. The molecule has 1 aliphatic heterocycles. The first-order valence-corrected chi connectivity index (χ1v) is 13.2. The lowest BCUT2D eigenvalue weighted by molar-refractivity contribution is -0.0795. The summed E-state index contributed by atoms with van der Waals surface area (Å²) in [5.41, 5.74) is 0.742. The fourth-order valence-corrected chi connectivity index (χ4v) is 5.42. The molecule has 1 aromatic carbocycles. The Labute approximate surface area is 242 Å². The number of rotatable bonds is 9. The van der Waals surface area contributed by atoms with Gasteiger partial charge in [0.2, 0.25) is 0 Å². The van der Waals surface area contributed by atoms with Crippen LogP contribution in [0.2, 0.25) is 15.1 Å². The summed E-state index contributed by atoms with van der Waals surface area (Å²) >= 11 is 19.8. The molecular weight excluding hydrogens is 591 g/mol. The number of thiophene rings is 1. The van der Waals surface area contributed by atoms with Crippen LogP contribution in [0.1, 0.15) is 25.6 Å². The average Bonchev–Trinajstić information content (AvgIpc) is 3.44. The second-order valence-electron chi connectivity index (χ2n) is 8.11. The Hall–Kier alpha value is -3.13. The van der Waals surface area contributed by atoms with Crippen LogP contribution in [0.15, 0.2) is 35.8 Å². The lowest BCUT2D eigenvalue weighted by Gasteiger charge is -2.25. The molecule has 0 saturated carbocycles. The van der Waals surface area contributed by atoms with E-state index in [4.69, 9.17) is 54.4 Å². The quantitative estimate of drug-likeness (QED) is 0.267. The minimum absolute atomic E-state index is 0.0440. The van der Waals surface area contributed by atoms with Gasteiger partial charge in [0.15, 0.2) is 18.4 Å². The smallest absolute Gasteiger partial charge is 0.267 e. The van der Waals surface area contributed by atoms with E-state index < -0.39 is 24.3 Å². The van der Waals surface area contributed by atoms with E-state index in [0.29, 0.717) is 10.6 Å². The van der Waals surface area contributed by atoms with Gasteiger partial charge in [-0.3, -0.25) is 15.0 Å². The lowest BCUT2D eigenvalue weighted by atomic mass is 10.1. The lowest BCUT2D eigenvalue weighted by Crippen LogP contribution is -2.38. The third-order valence-electron chi connectivity index (χ3n) is 5.71. The summed E-state index contributed by atoms with van der Waals surface area (Å²) in [6.07, 6.45) is 0.288. The molecule has 206 valence electrons. The Bertz CT molecular complexity index is 1400. The standard InChI is InChI=1S/C24H23Cl3N6O5S/c1-36-15-7-13(26)6-14(20(34)30-16-5-4-12(25)8-29-16)18(15)31-21(35)19-17(27)11(10-39-19)9-33-23(38-3)22(37-2)32-24(33)28/h4-8,10,22-23H,9H2,1-3H3,(H2,28,32)(H,31,35)(H,29,30,34). The number of nitrogens with zero attached hydrogens (tertiary/aromatic N) is 2.